The molecule has 1 aromatic carbocycles. The number of carbonyl (C=O) groups excluding carboxylic acids is 3. The third kappa shape index (κ3) is 2.93. The van der Waals surface area contributed by atoms with Crippen LogP contribution in [0.5, 0.6) is 0 Å². The van der Waals surface area contributed by atoms with Crippen molar-refractivity contribution in [3.8, 4) is 0 Å². The number of imide groups is 1. The molecule has 7 nitrogen and oxygen atoms in total. The Bertz CT molecular complexity index is 852. The highest BCUT2D eigenvalue weighted by Gasteiger charge is 2.41. The van der Waals surface area contributed by atoms with Gasteiger partial charge in [0.05, 0.1) is 0 Å². The summed E-state index contributed by atoms with van der Waals surface area (Å²) in [7, 11) is 0. The van der Waals surface area contributed by atoms with E-state index in [9.17, 15) is 14.4 Å². The maximum Gasteiger partial charge on any atom is 0.255 e. The predicted molar refractivity (Wildman–Crippen MR) is 102 cm³/mol. The standard InChI is InChI=1S/C21H26N4O3/c22-17-7-12-6-14(17)10-24(8-12)9-13-2-1-3-15-16(13)11-25(21(15)28)18-4-5-19(26)23-20(18)27/h1-3,12,14,17-18H,4-11,22H2,(H,23,26,27)/t12-,14-,17-,18?/m1/s1. The molecule has 3 heterocycles. The fraction of sp³-hybridized carbons (Fsp3) is 0.571. The molecule has 3 fully saturated rings. The molecule has 3 aliphatic heterocycles. The van der Waals surface area contributed by atoms with Crippen molar-refractivity contribution < 1.29 is 14.4 Å². The molecule has 148 valence electrons. The summed E-state index contributed by atoms with van der Waals surface area (Å²) in [5.74, 6) is 0.542. The molecule has 7 heteroatoms. The molecule has 0 spiro atoms. The first-order chi connectivity index (χ1) is 13.5. The summed E-state index contributed by atoms with van der Waals surface area (Å²) >= 11 is 0. The normalized spacial score (nSPS) is 32.6. The summed E-state index contributed by atoms with van der Waals surface area (Å²) in [6.07, 6.45) is 3.04. The lowest BCUT2D eigenvalue weighted by Gasteiger charge is -2.32. The molecule has 0 radical (unpaired) electrons. The summed E-state index contributed by atoms with van der Waals surface area (Å²) in [5, 5.41) is 2.36. The first-order valence-corrected chi connectivity index (χ1v) is 10.2. The van der Waals surface area contributed by atoms with Crippen LogP contribution in [-0.4, -0.2) is 52.7 Å². The highest BCUT2D eigenvalue weighted by Crippen LogP contribution is 2.37. The third-order valence-corrected chi connectivity index (χ3v) is 6.93. The van der Waals surface area contributed by atoms with E-state index < -0.39 is 6.04 Å². The van der Waals surface area contributed by atoms with Gasteiger partial charge in [0.25, 0.3) is 5.91 Å². The van der Waals surface area contributed by atoms with Gasteiger partial charge >= 0.3 is 0 Å². The topological polar surface area (TPSA) is 95.7 Å². The minimum atomic E-state index is -0.561. The van der Waals surface area contributed by atoms with Gasteiger partial charge in [0, 0.05) is 44.2 Å². The summed E-state index contributed by atoms with van der Waals surface area (Å²) < 4.78 is 0. The highest BCUT2D eigenvalue weighted by atomic mass is 16.2. The van der Waals surface area contributed by atoms with Crippen molar-refractivity contribution in [3.05, 3.63) is 34.9 Å². The van der Waals surface area contributed by atoms with Crippen molar-refractivity contribution in [1.82, 2.24) is 15.1 Å². The molecule has 1 aliphatic carbocycles. The van der Waals surface area contributed by atoms with Gasteiger partial charge in [0.2, 0.25) is 11.8 Å². The van der Waals surface area contributed by atoms with Crippen LogP contribution < -0.4 is 11.1 Å². The first-order valence-electron chi connectivity index (χ1n) is 10.2. The van der Waals surface area contributed by atoms with Gasteiger partial charge < -0.3 is 10.6 Å². The lowest BCUT2D eigenvalue weighted by atomic mass is 9.96. The average Bonchev–Trinajstić information content (AvgIpc) is 3.12. The number of piperidine rings is 2. The zero-order chi connectivity index (χ0) is 19.4. The van der Waals surface area contributed by atoms with E-state index in [1.54, 1.807) is 4.90 Å². The quantitative estimate of drug-likeness (QED) is 0.747. The Hall–Kier alpha value is -2.25. The monoisotopic (exact) mass is 382 g/mol. The number of hydrogen-bond acceptors (Lipinski definition) is 5. The third-order valence-electron chi connectivity index (χ3n) is 6.93. The molecule has 3 amide bonds. The number of carbonyl (C=O) groups is 3. The Morgan fingerprint density at radius 2 is 2.00 bits per heavy atom. The van der Waals surface area contributed by atoms with Crippen molar-refractivity contribution in [2.75, 3.05) is 13.1 Å². The number of likely N-dealkylation sites (tertiary alicyclic amines) is 1. The fourth-order valence-electron chi connectivity index (χ4n) is 5.57. The lowest BCUT2D eigenvalue weighted by molar-refractivity contribution is -0.136. The number of hydrogen-bond donors (Lipinski definition) is 2. The number of benzene rings is 1. The Kier molecular flexibility index (Phi) is 4.25. The van der Waals surface area contributed by atoms with Crippen molar-refractivity contribution in [2.45, 2.75) is 50.9 Å². The van der Waals surface area contributed by atoms with Crippen molar-refractivity contribution in [1.29, 1.82) is 0 Å². The Morgan fingerprint density at radius 3 is 2.79 bits per heavy atom. The molecule has 4 atom stereocenters. The van der Waals surface area contributed by atoms with Crippen LogP contribution in [0.25, 0.3) is 0 Å². The molecule has 1 unspecified atom stereocenters. The van der Waals surface area contributed by atoms with Gasteiger partial charge in [-0.25, -0.2) is 0 Å². The molecule has 3 N–H and O–H groups in total. The molecule has 2 saturated heterocycles. The second-order valence-corrected chi connectivity index (χ2v) is 8.80. The summed E-state index contributed by atoms with van der Waals surface area (Å²) in [4.78, 5) is 40.8. The zero-order valence-corrected chi connectivity index (χ0v) is 15.9. The van der Waals surface area contributed by atoms with Gasteiger partial charge in [-0.2, -0.15) is 0 Å². The van der Waals surface area contributed by atoms with Crippen LogP contribution in [0.2, 0.25) is 0 Å². The van der Waals surface area contributed by atoms with Crippen LogP contribution in [-0.2, 0) is 22.7 Å². The molecule has 28 heavy (non-hydrogen) atoms. The zero-order valence-electron chi connectivity index (χ0n) is 15.9. The predicted octanol–water partition coefficient (Wildman–Crippen LogP) is 0.617. The van der Waals surface area contributed by atoms with Crippen LogP contribution in [0.4, 0.5) is 0 Å². The minimum absolute atomic E-state index is 0.105. The Morgan fingerprint density at radius 1 is 1.14 bits per heavy atom. The Balaban J connectivity index is 1.35. The first kappa shape index (κ1) is 17.8. The summed E-state index contributed by atoms with van der Waals surface area (Å²) in [6.45, 7) is 3.35. The molecule has 2 bridgehead atoms. The second-order valence-electron chi connectivity index (χ2n) is 8.80. The largest absolute Gasteiger partial charge is 0.327 e. The van der Waals surface area contributed by atoms with E-state index in [1.165, 1.54) is 6.42 Å². The Labute approximate surface area is 164 Å². The van der Waals surface area contributed by atoms with E-state index >= 15 is 0 Å². The van der Waals surface area contributed by atoms with Gasteiger partial charge in [-0.15, -0.1) is 0 Å². The fourth-order valence-corrected chi connectivity index (χ4v) is 5.57. The van der Waals surface area contributed by atoms with E-state index in [2.05, 4.69) is 16.3 Å². The molecule has 4 aliphatic rings. The van der Waals surface area contributed by atoms with E-state index in [-0.39, 0.29) is 24.1 Å². The average molecular weight is 382 g/mol. The number of fused-ring (bicyclic) bond motifs is 3. The van der Waals surface area contributed by atoms with E-state index in [0.29, 0.717) is 36.4 Å². The number of nitrogens with zero attached hydrogens (tertiary/aromatic N) is 2. The molecule has 1 saturated carbocycles. The molecular weight excluding hydrogens is 356 g/mol. The minimum Gasteiger partial charge on any atom is -0.327 e. The van der Waals surface area contributed by atoms with Crippen molar-refractivity contribution in [3.63, 3.8) is 0 Å². The molecular formula is C21H26N4O3. The van der Waals surface area contributed by atoms with Crippen LogP contribution in [0.15, 0.2) is 18.2 Å². The smallest absolute Gasteiger partial charge is 0.255 e. The maximum absolute atomic E-state index is 13.0. The van der Waals surface area contributed by atoms with Crippen LogP contribution in [0.3, 0.4) is 0 Å². The van der Waals surface area contributed by atoms with Crippen LogP contribution >= 0.6 is 0 Å². The maximum atomic E-state index is 13.0. The lowest BCUT2D eigenvalue weighted by Crippen LogP contribution is -2.52. The summed E-state index contributed by atoms with van der Waals surface area (Å²) in [6, 6.07) is 5.64. The van der Waals surface area contributed by atoms with Gasteiger partial charge in [0.15, 0.2) is 0 Å². The van der Waals surface area contributed by atoms with Gasteiger partial charge in [-0.3, -0.25) is 24.6 Å². The molecule has 5 rings (SSSR count). The van der Waals surface area contributed by atoms with Gasteiger partial charge in [-0.1, -0.05) is 12.1 Å². The van der Waals surface area contributed by atoms with Crippen LogP contribution in [0.1, 0.15) is 47.2 Å². The number of rotatable bonds is 3. The highest BCUT2D eigenvalue weighted by molar-refractivity contribution is 6.05. The second kappa shape index (κ2) is 6.67. The van der Waals surface area contributed by atoms with Crippen LogP contribution in [0, 0.1) is 11.8 Å². The van der Waals surface area contributed by atoms with Gasteiger partial charge in [-0.05, 0) is 48.3 Å². The molecule has 0 aromatic heterocycles. The number of nitrogens with one attached hydrogen (secondary N) is 1. The summed E-state index contributed by atoms with van der Waals surface area (Å²) in [5.41, 5.74) is 9.15. The molecule has 1 aromatic rings. The van der Waals surface area contributed by atoms with Crippen molar-refractivity contribution >= 4 is 17.7 Å². The van der Waals surface area contributed by atoms with E-state index in [4.69, 9.17) is 5.73 Å². The number of nitrogens with two attached hydrogens (primary N) is 1. The van der Waals surface area contributed by atoms with Crippen molar-refractivity contribution in [2.24, 2.45) is 17.6 Å². The van der Waals surface area contributed by atoms with E-state index in [0.717, 1.165) is 37.2 Å². The SMILES string of the molecule is N[C@@H]1C[C@H]2C[C@@H]1CN(Cc1cccc3c1CN(C1CCC(=O)NC1=O)C3=O)C2. The number of amides is 3. The van der Waals surface area contributed by atoms with E-state index in [1.807, 2.05) is 12.1 Å². The van der Waals surface area contributed by atoms with Gasteiger partial charge in [0.1, 0.15) is 6.04 Å².